The van der Waals surface area contributed by atoms with Crippen molar-refractivity contribution in [2.45, 2.75) is 13.5 Å². The van der Waals surface area contributed by atoms with Crippen LogP contribution >= 0.6 is 0 Å². The maximum atomic E-state index is 3.40. The smallest absolute Gasteiger partial charge is 0.0409 e. The highest BCUT2D eigenvalue weighted by Crippen LogP contribution is 2.23. The fourth-order valence-electron chi connectivity index (χ4n) is 2.40. The molecule has 0 saturated carbocycles. The van der Waals surface area contributed by atoms with Crippen LogP contribution in [0.25, 0.3) is 0 Å². The molecule has 17 heavy (non-hydrogen) atoms. The minimum absolute atomic E-state index is 1.07. The number of benzene rings is 1. The number of hydrogen-bond acceptors (Lipinski definition) is 3. The summed E-state index contributed by atoms with van der Waals surface area (Å²) in [5.74, 6) is 0. The first-order valence-corrected chi connectivity index (χ1v) is 6.37. The monoisotopic (exact) mass is 233 g/mol. The van der Waals surface area contributed by atoms with Crippen molar-refractivity contribution in [2.24, 2.45) is 0 Å². The molecule has 0 atom stereocenters. The van der Waals surface area contributed by atoms with E-state index in [1.807, 2.05) is 0 Å². The van der Waals surface area contributed by atoms with Crippen LogP contribution in [0.4, 0.5) is 5.69 Å². The Morgan fingerprint density at radius 2 is 1.94 bits per heavy atom. The van der Waals surface area contributed by atoms with Crippen LogP contribution in [0.3, 0.4) is 0 Å². The molecule has 3 heteroatoms. The topological polar surface area (TPSA) is 18.5 Å². The van der Waals surface area contributed by atoms with Gasteiger partial charge >= 0.3 is 0 Å². The molecule has 0 radical (unpaired) electrons. The van der Waals surface area contributed by atoms with Gasteiger partial charge in [0.05, 0.1) is 0 Å². The van der Waals surface area contributed by atoms with Crippen molar-refractivity contribution in [3.63, 3.8) is 0 Å². The van der Waals surface area contributed by atoms with Crippen LogP contribution < -0.4 is 10.2 Å². The molecule has 0 aromatic heterocycles. The van der Waals surface area contributed by atoms with Gasteiger partial charge in [0.15, 0.2) is 0 Å². The molecule has 0 aliphatic carbocycles. The van der Waals surface area contributed by atoms with Crippen LogP contribution in [0.1, 0.15) is 11.1 Å². The summed E-state index contributed by atoms with van der Waals surface area (Å²) in [4.78, 5) is 4.75. The summed E-state index contributed by atoms with van der Waals surface area (Å²) < 4.78 is 0. The lowest BCUT2D eigenvalue weighted by Crippen LogP contribution is -2.43. The lowest BCUT2D eigenvalue weighted by Gasteiger charge is -2.29. The molecule has 0 spiro atoms. The van der Waals surface area contributed by atoms with Gasteiger partial charge in [-0.3, -0.25) is 4.90 Å². The minimum atomic E-state index is 1.07. The Morgan fingerprint density at radius 3 is 2.59 bits per heavy atom. The van der Waals surface area contributed by atoms with Crippen molar-refractivity contribution < 1.29 is 0 Å². The predicted molar refractivity (Wildman–Crippen MR) is 73.7 cm³/mol. The second kappa shape index (κ2) is 5.52. The highest BCUT2D eigenvalue weighted by molar-refractivity contribution is 5.55. The van der Waals surface area contributed by atoms with Crippen LogP contribution in [-0.2, 0) is 6.54 Å². The van der Waals surface area contributed by atoms with Crippen LogP contribution in [0.2, 0.25) is 0 Å². The van der Waals surface area contributed by atoms with E-state index >= 15 is 0 Å². The summed E-state index contributed by atoms with van der Waals surface area (Å²) in [5, 5.41) is 3.40. The van der Waals surface area contributed by atoms with Crippen LogP contribution in [0, 0.1) is 6.92 Å². The van der Waals surface area contributed by atoms with E-state index in [0.29, 0.717) is 0 Å². The molecule has 2 rings (SSSR count). The summed E-state index contributed by atoms with van der Waals surface area (Å²) in [6.07, 6.45) is 0. The lowest BCUT2D eigenvalue weighted by atomic mass is 10.0. The average molecular weight is 233 g/mol. The van der Waals surface area contributed by atoms with E-state index in [1.165, 1.54) is 16.8 Å². The quantitative estimate of drug-likeness (QED) is 0.853. The van der Waals surface area contributed by atoms with Gasteiger partial charge in [0.25, 0.3) is 0 Å². The van der Waals surface area contributed by atoms with Crippen LogP contribution in [0.15, 0.2) is 18.2 Å². The first-order valence-electron chi connectivity index (χ1n) is 6.37. The molecule has 1 heterocycles. The van der Waals surface area contributed by atoms with E-state index in [-0.39, 0.29) is 0 Å². The fraction of sp³-hybridized carbons (Fsp3) is 0.571. The van der Waals surface area contributed by atoms with Crippen molar-refractivity contribution in [1.29, 1.82) is 0 Å². The minimum Gasteiger partial charge on any atom is -0.377 e. The van der Waals surface area contributed by atoms with Gasteiger partial charge in [0.2, 0.25) is 0 Å². The van der Waals surface area contributed by atoms with E-state index in [9.17, 15) is 0 Å². The number of rotatable bonds is 3. The number of anilines is 1. The van der Waals surface area contributed by atoms with E-state index in [1.54, 1.807) is 0 Å². The van der Waals surface area contributed by atoms with Crippen molar-refractivity contribution in [3.8, 4) is 0 Å². The average Bonchev–Trinajstić information content (AvgIpc) is 2.33. The molecule has 1 fully saturated rings. The Balaban J connectivity index is 2.18. The molecule has 3 nitrogen and oxygen atoms in total. The number of nitrogens with one attached hydrogen (secondary N) is 1. The number of nitrogens with zero attached hydrogens (tertiary/aromatic N) is 2. The zero-order chi connectivity index (χ0) is 12.3. The van der Waals surface area contributed by atoms with Gasteiger partial charge in [-0.2, -0.15) is 0 Å². The van der Waals surface area contributed by atoms with Crippen molar-refractivity contribution >= 4 is 5.69 Å². The summed E-state index contributed by atoms with van der Waals surface area (Å²) in [6.45, 7) is 7.82. The SMILES string of the molecule is Cc1cccc(N(C)C)c1CN1CCNCC1. The Morgan fingerprint density at radius 1 is 1.24 bits per heavy atom. The van der Waals surface area contributed by atoms with Gasteiger partial charge in [0, 0.05) is 52.5 Å². The third kappa shape index (κ3) is 2.99. The van der Waals surface area contributed by atoms with E-state index in [4.69, 9.17) is 0 Å². The van der Waals surface area contributed by atoms with Gasteiger partial charge in [0.1, 0.15) is 0 Å². The van der Waals surface area contributed by atoms with E-state index in [0.717, 1.165) is 32.7 Å². The second-order valence-electron chi connectivity index (χ2n) is 4.99. The van der Waals surface area contributed by atoms with Gasteiger partial charge < -0.3 is 10.2 Å². The number of hydrogen-bond donors (Lipinski definition) is 1. The predicted octanol–water partition coefficient (Wildman–Crippen LogP) is 1.47. The molecule has 1 aliphatic rings. The fourth-order valence-corrected chi connectivity index (χ4v) is 2.40. The first kappa shape index (κ1) is 12.4. The molecule has 0 amide bonds. The molecule has 94 valence electrons. The van der Waals surface area contributed by atoms with Crippen molar-refractivity contribution in [1.82, 2.24) is 10.2 Å². The third-order valence-electron chi connectivity index (χ3n) is 3.46. The van der Waals surface area contributed by atoms with Crippen LogP contribution in [-0.4, -0.2) is 45.2 Å². The first-order chi connectivity index (χ1) is 8.18. The van der Waals surface area contributed by atoms with Gasteiger partial charge in [-0.1, -0.05) is 12.1 Å². The Bertz CT molecular complexity index is 368. The third-order valence-corrected chi connectivity index (χ3v) is 3.46. The number of aryl methyl sites for hydroxylation is 1. The maximum Gasteiger partial charge on any atom is 0.0409 e. The molecule has 0 unspecified atom stereocenters. The zero-order valence-electron chi connectivity index (χ0n) is 11.2. The molecule has 1 N–H and O–H groups in total. The molecule has 1 aromatic rings. The summed E-state index contributed by atoms with van der Waals surface area (Å²) in [6, 6.07) is 6.57. The second-order valence-corrected chi connectivity index (χ2v) is 4.99. The summed E-state index contributed by atoms with van der Waals surface area (Å²) >= 11 is 0. The van der Waals surface area contributed by atoms with Crippen molar-refractivity contribution in [2.75, 3.05) is 45.2 Å². The molecular formula is C14H23N3. The van der Waals surface area contributed by atoms with Gasteiger partial charge in [-0.25, -0.2) is 0 Å². The van der Waals surface area contributed by atoms with Gasteiger partial charge in [-0.05, 0) is 24.1 Å². The maximum absolute atomic E-state index is 3.40. The summed E-state index contributed by atoms with van der Waals surface area (Å²) in [5.41, 5.74) is 4.22. The molecule has 0 bridgehead atoms. The highest BCUT2D eigenvalue weighted by atomic mass is 15.2. The molecule has 1 aliphatic heterocycles. The summed E-state index contributed by atoms with van der Waals surface area (Å²) in [7, 11) is 4.24. The van der Waals surface area contributed by atoms with E-state index in [2.05, 4.69) is 54.3 Å². The van der Waals surface area contributed by atoms with E-state index < -0.39 is 0 Å². The molecular weight excluding hydrogens is 210 g/mol. The lowest BCUT2D eigenvalue weighted by molar-refractivity contribution is 0.233. The largest absolute Gasteiger partial charge is 0.377 e. The Labute approximate surface area is 104 Å². The normalized spacial score (nSPS) is 17.1. The molecule has 1 aromatic carbocycles. The standard InChI is InChI=1S/C14H23N3/c1-12-5-4-6-14(16(2)3)13(12)11-17-9-7-15-8-10-17/h4-6,15H,7-11H2,1-3H3. The highest BCUT2D eigenvalue weighted by Gasteiger charge is 2.14. The molecule has 1 saturated heterocycles. The zero-order valence-corrected chi connectivity index (χ0v) is 11.2. The number of piperazine rings is 1. The Hall–Kier alpha value is -1.06. The Kier molecular flexibility index (Phi) is 4.02. The van der Waals surface area contributed by atoms with Crippen molar-refractivity contribution in [3.05, 3.63) is 29.3 Å². The van der Waals surface area contributed by atoms with Gasteiger partial charge in [-0.15, -0.1) is 0 Å². The van der Waals surface area contributed by atoms with Crippen LogP contribution in [0.5, 0.6) is 0 Å².